The summed E-state index contributed by atoms with van der Waals surface area (Å²) in [7, 11) is 0. The van der Waals surface area contributed by atoms with Crippen molar-refractivity contribution in [3.8, 4) is 0 Å². The number of hydrogen-bond donors (Lipinski definition) is 1. The summed E-state index contributed by atoms with van der Waals surface area (Å²) in [6, 6.07) is 20.3. The number of aromatic nitrogens is 1. The van der Waals surface area contributed by atoms with Crippen LogP contribution < -0.4 is 10.2 Å². The van der Waals surface area contributed by atoms with Crippen LogP contribution >= 0.6 is 0 Å². The molecule has 166 valence electrons. The second-order valence-electron chi connectivity index (χ2n) is 8.18. The van der Waals surface area contributed by atoms with E-state index in [1.807, 2.05) is 48.5 Å². The van der Waals surface area contributed by atoms with E-state index in [0.717, 1.165) is 11.3 Å². The van der Waals surface area contributed by atoms with Crippen LogP contribution in [0.5, 0.6) is 0 Å². The third kappa shape index (κ3) is 3.86. The van der Waals surface area contributed by atoms with Crippen molar-refractivity contribution in [3.05, 3.63) is 95.3 Å². The van der Waals surface area contributed by atoms with E-state index in [-0.39, 0.29) is 17.7 Å². The van der Waals surface area contributed by atoms with Crippen molar-refractivity contribution >= 4 is 23.4 Å². The van der Waals surface area contributed by atoms with Crippen molar-refractivity contribution in [2.45, 2.75) is 25.4 Å². The van der Waals surface area contributed by atoms with Crippen LogP contribution in [0.3, 0.4) is 0 Å². The number of fused-ring (bicyclic) bond motifs is 5. The Kier molecular flexibility index (Phi) is 5.60. The molecule has 0 bridgehead atoms. The van der Waals surface area contributed by atoms with Gasteiger partial charge in [-0.05, 0) is 36.8 Å². The van der Waals surface area contributed by atoms with E-state index in [2.05, 4.69) is 10.3 Å². The predicted octanol–water partition coefficient (Wildman–Crippen LogP) is 3.34. The average molecular weight is 441 g/mol. The summed E-state index contributed by atoms with van der Waals surface area (Å²) >= 11 is 0. The van der Waals surface area contributed by atoms with Crippen LogP contribution in [-0.2, 0) is 11.2 Å². The molecule has 0 spiro atoms. The van der Waals surface area contributed by atoms with E-state index in [0.29, 0.717) is 49.2 Å². The number of para-hydroxylation sites is 1. The highest BCUT2D eigenvalue weighted by atomic mass is 16.2. The average Bonchev–Trinajstić information content (AvgIpc) is 3.14. The molecule has 1 atom stereocenters. The first kappa shape index (κ1) is 20.9. The summed E-state index contributed by atoms with van der Waals surface area (Å²) in [6.45, 7) is 0.897. The number of benzene rings is 2. The van der Waals surface area contributed by atoms with Crippen molar-refractivity contribution in [2.75, 3.05) is 18.0 Å². The highest BCUT2D eigenvalue weighted by Gasteiger charge is 2.47. The standard InChI is InChI=1S/C26H24N4O3/c31-23(28-16-14-18-8-5-6-15-27-18)13-7-17-29-24-19-9-1-2-10-20(19)26(33)30(24)22-12-4-3-11-21(22)25(29)32/h1-6,8-12,15,24H,7,13-14,16-17H2,(H,28,31)/t24-/m0/s1. The van der Waals surface area contributed by atoms with E-state index >= 15 is 0 Å². The molecule has 0 saturated carbocycles. The quantitative estimate of drug-likeness (QED) is 0.611. The smallest absolute Gasteiger partial charge is 0.260 e. The molecule has 2 aromatic carbocycles. The van der Waals surface area contributed by atoms with Gasteiger partial charge in [0.25, 0.3) is 11.8 Å². The molecule has 5 rings (SSSR count). The lowest BCUT2D eigenvalue weighted by Gasteiger charge is -2.41. The molecule has 2 aliphatic rings. The van der Waals surface area contributed by atoms with Crippen LogP contribution in [0.25, 0.3) is 0 Å². The van der Waals surface area contributed by atoms with Gasteiger partial charge in [0, 0.05) is 48.9 Å². The highest BCUT2D eigenvalue weighted by Crippen LogP contribution is 2.45. The second-order valence-corrected chi connectivity index (χ2v) is 8.18. The first-order chi connectivity index (χ1) is 16.1. The van der Waals surface area contributed by atoms with Crippen molar-refractivity contribution in [1.29, 1.82) is 0 Å². The maximum Gasteiger partial charge on any atom is 0.260 e. The van der Waals surface area contributed by atoms with E-state index in [1.165, 1.54) is 0 Å². The first-order valence-electron chi connectivity index (χ1n) is 11.1. The summed E-state index contributed by atoms with van der Waals surface area (Å²) in [5.41, 5.74) is 3.52. The Balaban J connectivity index is 1.27. The second kappa shape index (κ2) is 8.86. The van der Waals surface area contributed by atoms with Gasteiger partial charge in [-0.25, -0.2) is 0 Å². The van der Waals surface area contributed by atoms with Gasteiger partial charge in [-0.3, -0.25) is 24.3 Å². The number of pyridine rings is 1. The fourth-order valence-electron chi connectivity index (χ4n) is 4.57. The lowest BCUT2D eigenvalue weighted by Crippen LogP contribution is -2.48. The number of amides is 3. The molecule has 33 heavy (non-hydrogen) atoms. The van der Waals surface area contributed by atoms with Gasteiger partial charge in [-0.2, -0.15) is 0 Å². The minimum atomic E-state index is -0.483. The molecule has 0 saturated heterocycles. The topological polar surface area (TPSA) is 82.6 Å². The summed E-state index contributed by atoms with van der Waals surface area (Å²) in [5, 5.41) is 2.92. The number of nitrogens with one attached hydrogen (secondary N) is 1. The Morgan fingerprint density at radius 2 is 1.67 bits per heavy atom. The number of rotatable bonds is 7. The van der Waals surface area contributed by atoms with Gasteiger partial charge in [0.1, 0.15) is 6.17 Å². The van der Waals surface area contributed by atoms with Crippen molar-refractivity contribution in [3.63, 3.8) is 0 Å². The van der Waals surface area contributed by atoms with E-state index in [9.17, 15) is 14.4 Å². The van der Waals surface area contributed by atoms with Crippen LogP contribution in [0.4, 0.5) is 5.69 Å². The zero-order valence-electron chi connectivity index (χ0n) is 18.1. The zero-order valence-corrected chi connectivity index (χ0v) is 18.1. The minimum Gasteiger partial charge on any atom is -0.356 e. The Bertz CT molecular complexity index is 1210. The van der Waals surface area contributed by atoms with Crippen LogP contribution in [0.2, 0.25) is 0 Å². The summed E-state index contributed by atoms with van der Waals surface area (Å²) in [6.07, 6.45) is 2.73. The Labute approximate surface area is 192 Å². The molecule has 2 aliphatic heterocycles. The molecule has 1 N–H and O–H groups in total. The van der Waals surface area contributed by atoms with Gasteiger partial charge in [-0.15, -0.1) is 0 Å². The SMILES string of the molecule is O=C(CCCN1C(=O)c2ccccc2N2C(=O)c3ccccc3[C@@H]12)NCCc1ccccn1. The molecule has 3 aromatic rings. The molecule has 0 fully saturated rings. The molecule has 0 aliphatic carbocycles. The van der Waals surface area contributed by atoms with Gasteiger partial charge in [0.05, 0.1) is 11.3 Å². The number of carbonyl (C=O) groups is 3. The normalized spacial score (nSPS) is 16.3. The molecular weight excluding hydrogens is 416 g/mol. The van der Waals surface area contributed by atoms with Gasteiger partial charge in [0.15, 0.2) is 0 Å². The predicted molar refractivity (Wildman–Crippen MR) is 124 cm³/mol. The molecule has 3 amide bonds. The Morgan fingerprint density at radius 3 is 2.48 bits per heavy atom. The molecule has 3 heterocycles. The largest absolute Gasteiger partial charge is 0.356 e. The number of carbonyl (C=O) groups excluding carboxylic acids is 3. The number of hydrogen-bond acceptors (Lipinski definition) is 4. The van der Waals surface area contributed by atoms with E-state index in [4.69, 9.17) is 0 Å². The summed E-state index contributed by atoms with van der Waals surface area (Å²) in [5.74, 6) is -0.282. The molecular formula is C26H24N4O3. The Hall–Kier alpha value is -4.00. The number of nitrogens with zero attached hydrogens (tertiary/aromatic N) is 3. The van der Waals surface area contributed by atoms with Gasteiger partial charge < -0.3 is 10.2 Å². The molecule has 0 unspecified atom stereocenters. The van der Waals surface area contributed by atoms with E-state index < -0.39 is 6.17 Å². The summed E-state index contributed by atoms with van der Waals surface area (Å²) in [4.78, 5) is 46.5. The molecule has 7 nitrogen and oxygen atoms in total. The molecule has 0 radical (unpaired) electrons. The maximum absolute atomic E-state index is 13.4. The first-order valence-corrected chi connectivity index (χ1v) is 11.1. The van der Waals surface area contributed by atoms with Gasteiger partial charge in [-0.1, -0.05) is 36.4 Å². The van der Waals surface area contributed by atoms with Crippen molar-refractivity contribution in [2.24, 2.45) is 0 Å². The van der Waals surface area contributed by atoms with Crippen LogP contribution in [0.15, 0.2) is 72.9 Å². The van der Waals surface area contributed by atoms with Crippen LogP contribution in [-0.4, -0.2) is 40.7 Å². The fraction of sp³-hybridized carbons (Fsp3) is 0.231. The highest BCUT2D eigenvalue weighted by molar-refractivity contribution is 6.16. The minimum absolute atomic E-state index is 0.0597. The zero-order chi connectivity index (χ0) is 22.8. The fourth-order valence-corrected chi connectivity index (χ4v) is 4.57. The van der Waals surface area contributed by atoms with Gasteiger partial charge in [0.2, 0.25) is 5.91 Å². The monoisotopic (exact) mass is 440 g/mol. The van der Waals surface area contributed by atoms with Crippen molar-refractivity contribution in [1.82, 2.24) is 15.2 Å². The number of anilines is 1. The Morgan fingerprint density at radius 1 is 0.909 bits per heavy atom. The van der Waals surface area contributed by atoms with E-state index in [1.54, 1.807) is 34.2 Å². The maximum atomic E-state index is 13.4. The molecule has 1 aromatic heterocycles. The van der Waals surface area contributed by atoms with Crippen LogP contribution in [0.1, 0.15) is 51.0 Å². The van der Waals surface area contributed by atoms with Crippen LogP contribution in [0, 0.1) is 0 Å². The molecule has 7 heteroatoms. The third-order valence-corrected chi connectivity index (χ3v) is 6.12. The summed E-state index contributed by atoms with van der Waals surface area (Å²) < 4.78 is 0. The van der Waals surface area contributed by atoms with Gasteiger partial charge >= 0.3 is 0 Å². The third-order valence-electron chi connectivity index (χ3n) is 6.12. The van der Waals surface area contributed by atoms with Crippen molar-refractivity contribution < 1.29 is 14.4 Å². The lowest BCUT2D eigenvalue weighted by molar-refractivity contribution is -0.121. The lowest BCUT2D eigenvalue weighted by atomic mass is 10.0.